The van der Waals surface area contributed by atoms with Crippen molar-refractivity contribution in [1.82, 2.24) is 10.3 Å². The highest BCUT2D eigenvalue weighted by Crippen LogP contribution is 2.06. The summed E-state index contributed by atoms with van der Waals surface area (Å²) in [7, 11) is 1.94. The summed E-state index contributed by atoms with van der Waals surface area (Å²) in [6, 6.07) is 0. The van der Waals surface area contributed by atoms with Crippen molar-refractivity contribution < 1.29 is 9.15 Å². The van der Waals surface area contributed by atoms with Crippen LogP contribution in [0.2, 0.25) is 0 Å². The zero-order chi connectivity index (χ0) is 10.2. The molecule has 0 spiro atoms. The standard InChI is InChI=1S/C10H18N2O2/c1-3-13-8-9-7-12-10(14-9)5-4-6-11-2/h7,11H,3-6,8H2,1-2H3. The zero-order valence-corrected chi connectivity index (χ0v) is 8.88. The van der Waals surface area contributed by atoms with E-state index in [1.54, 1.807) is 6.20 Å². The molecule has 0 saturated heterocycles. The maximum absolute atomic E-state index is 5.47. The maximum atomic E-state index is 5.47. The Morgan fingerprint density at radius 3 is 3.14 bits per heavy atom. The van der Waals surface area contributed by atoms with E-state index < -0.39 is 0 Å². The van der Waals surface area contributed by atoms with Gasteiger partial charge in [-0.3, -0.25) is 0 Å². The topological polar surface area (TPSA) is 47.3 Å². The van der Waals surface area contributed by atoms with Gasteiger partial charge in [-0.1, -0.05) is 0 Å². The van der Waals surface area contributed by atoms with Crippen LogP contribution in [0.3, 0.4) is 0 Å². The maximum Gasteiger partial charge on any atom is 0.194 e. The first-order valence-electron chi connectivity index (χ1n) is 5.02. The Hall–Kier alpha value is -0.870. The van der Waals surface area contributed by atoms with Crippen LogP contribution in [0.4, 0.5) is 0 Å². The van der Waals surface area contributed by atoms with Gasteiger partial charge in [0.05, 0.1) is 6.20 Å². The highest BCUT2D eigenvalue weighted by atomic mass is 16.5. The fourth-order valence-electron chi connectivity index (χ4n) is 1.15. The number of hydrogen-bond donors (Lipinski definition) is 1. The molecule has 0 aliphatic carbocycles. The summed E-state index contributed by atoms with van der Waals surface area (Å²) in [6.07, 6.45) is 3.67. The summed E-state index contributed by atoms with van der Waals surface area (Å²) in [6.45, 7) is 4.18. The molecule has 0 unspecified atom stereocenters. The highest BCUT2D eigenvalue weighted by molar-refractivity contribution is 4.92. The number of ether oxygens (including phenoxy) is 1. The molecule has 1 aromatic rings. The van der Waals surface area contributed by atoms with Gasteiger partial charge in [-0.15, -0.1) is 0 Å². The number of nitrogens with one attached hydrogen (secondary N) is 1. The largest absolute Gasteiger partial charge is 0.443 e. The third-order valence-corrected chi connectivity index (χ3v) is 1.87. The second-order valence-electron chi connectivity index (χ2n) is 3.06. The Labute approximate surface area is 84.7 Å². The quantitative estimate of drug-likeness (QED) is 0.672. The Kier molecular flexibility index (Phi) is 5.25. The molecule has 1 aromatic heterocycles. The Balaban J connectivity index is 2.27. The average molecular weight is 198 g/mol. The molecule has 0 radical (unpaired) electrons. The minimum atomic E-state index is 0.523. The van der Waals surface area contributed by atoms with E-state index >= 15 is 0 Å². The van der Waals surface area contributed by atoms with Gasteiger partial charge in [-0.05, 0) is 26.9 Å². The monoisotopic (exact) mass is 198 g/mol. The molecule has 0 aliphatic heterocycles. The van der Waals surface area contributed by atoms with Crippen LogP contribution in [-0.2, 0) is 17.8 Å². The molecule has 0 bridgehead atoms. The Morgan fingerprint density at radius 1 is 1.57 bits per heavy atom. The molecule has 1 N–H and O–H groups in total. The molecule has 0 saturated carbocycles. The molecule has 0 amide bonds. The summed E-state index contributed by atoms with van der Waals surface area (Å²) in [5.74, 6) is 1.61. The Morgan fingerprint density at radius 2 is 2.43 bits per heavy atom. The van der Waals surface area contributed by atoms with Gasteiger partial charge in [-0.2, -0.15) is 0 Å². The lowest BCUT2D eigenvalue weighted by Gasteiger charge is -1.96. The van der Waals surface area contributed by atoms with Crippen molar-refractivity contribution in [3.8, 4) is 0 Å². The SMILES string of the molecule is CCOCc1cnc(CCCNC)o1. The third kappa shape index (κ3) is 3.89. The van der Waals surface area contributed by atoms with E-state index in [1.165, 1.54) is 0 Å². The van der Waals surface area contributed by atoms with E-state index in [9.17, 15) is 0 Å². The molecule has 0 aliphatic rings. The minimum Gasteiger partial charge on any atom is -0.443 e. The fraction of sp³-hybridized carbons (Fsp3) is 0.700. The van der Waals surface area contributed by atoms with Crippen LogP contribution in [0, 0.1) is 0 Å². The molecule has 80 valence electrons. The minimum absolute atomic E-state index is 0.523. The van der Waals surface area contributed by atoms with Crippen LogP contribution in [0.25, 0.3) is 0 Å². The van der Waals surface area contributed by atoms with E-state index in [4.69, 9.17) is 9.15 Å². The molecular formula is C10H18N2O2. The molecule has 0 aromatic carbocycles. The highest BCUT2D eigenvalue weighted by Gasteiger charge is 2.02. The Bertz CT molecular complexity index is 248. The van der Waals surface area contributed by atoms with Gasteiger partial charge in [0.25, 0.3) is 0 Å². The number of hydrogen-bond acceptors (Lipinski definition) is 4. The molecular weight excluding hydrogens is 180 g/mol. The van der Waals surface area contributed by atoms with Crippen LogP contribution >= 0.6 is 0 Å². The van der Waals surface area contributed by atoms with Gasteiger partial charge >= 0.3 is 0 Å². The van der Waals surface area contributed by atoms with Crippen LogP contribution in [0.15, 0.2) is 10.6 Å². The van der Waals surface area contributed by atoms with Gasteiger partial charge in [0.1, 0.15) is 12.4 Å². The molecule has 4 heteroatoms. The van der Waals surface area contributed by atoms with E-state index in [0.717, 1.165) is 31.0 Å². The second-order valence-corrected chi connectivity index (χ2v) is 3.06. The van der Waals surface area contributed by atoms with Gasteiger partial charge < -0.3 is 14.5 Å². The first-order valence-corrected chi connectivity index (χ1v) is 5.02. The summed E-state index contributed by atoms with van der Waals surface area (Å²) >= 11 is 0. The molecule has 14 heavy (non-hydrogen) atoms. The van der Waals surface area contributed by atoms with Crippen molar-refractivity contribution in [2.24, 2.45) is 0 Å². The number of aromatic nitrogens is 1. The summed E-state index contributed by atoms with van der Waals surface area (Å²) in [5, 5.41) is 3.08. The summed E-state index contributed by atoms with van der Waals surface area (Å²) < 4.78 is 10.7. The lowest BCUT2D eigenvalue weighted by molar-refractivity contribution is 0.117. The van der Waals surface area contributed by atoms with Crippen LogP contribution < -0.4 is 5.32 Å². The van der Waals surface area contributed by atoms with Gasteiger partial charge in [-0.25, -0.2) is 4.98 Å². The summed E-state index contributed by atoms with van der Waals surface area (Å²) in [4.78, 5) is 4.17. The number of rotatable bonds is 7. The van der Waals surface area contributed by atoms with E-state index in [0.29, 0.717) is 13.2 Å². The van der Waals surface area contributed by atoms with Crippen molar-refractivity contribution in [2.75, 3.05) is 20.2 Å². The molecule has 1 rings (SSSR count). The van der Waals surface area contributed by atoms with Crippen molar-refractivity contribution >= 4 is 0 Å². The van der Waals surface area contributed by atoms with Gasteiger partial charge in [0.2, 0.25) is 0 Å². The van der Waals surface area contributed by atoms with Crippen molar-refractivity contribution in [3.63, 3.8) is 0 Å². The van der Waals surface area contributed by atoms with E-state index in [1.807, 2.05) is 14.0 Å². The third-order valence-electron chi connectivity index (χ3n) is 1.87. The average Bonchev–Trinajstić information content (AvgIpc) is 2.63. The molecule has 0 fully saturated rings. The lowest BCUT2D eigenvalue weighted by atomic mass is 10.3. The number of aryl methyl sites for hydroxylation is 1. The van der Waals surface area contributed by atoms with E-state index in [2.05, 4.69) is 10.3 Å². The predicted octanol–water partition coefficient (Wildman–Crippen LogP) is 1.36. The summed E-state index contributed by atoms with van der Waals surface area (Å²) in [5.41, 5.74) is 0. The smallest absolute Gasteiger partial charge is 0.194 e. The predicted molar refractivity (Wildman–Crippen MR) is 54.1 cm³/mol. The van der Waals surface area contributed by atoms with Crippen LogP contribution in [-0.4, -0.2) is 25.2 Å². The van der Waals surface area contributed by atoms with Gasteiger partial charge in [0.15, 0.2) is 5.89 Å². The normalized spacial score (nSPS) is 10.7. The molecule has 0 atom stereocenters. The lowest BCUT2D eigenvalue weighted by Crippen LogP contribution is -2.08. The first-order chi connectivity index (χ1) is 6.86. The second kappa shape index (κ2) is 6.56. The van der Waals surface area contributed by atoms with Gasteiger partial charge in [0, 0.05) is 13.0 Å². The fourth-order valence-corrected chi connectivity index (χ4v) is 1.15. The van der Waals surface area contributed by atoms with Crippen LogP contribution in [0.5, 0.6) is 0 Å². The first kappa shape index (κ1) is 11.2. The van der Waals surface area contributed by atoms with Crippen LogP contribution in [0.1, 0.15) is 25.0 Å². The number of nitrogens with zero attached hydrogens (tertiary/aromatic N) is 1. The molecule has 4 nitrogen and oxygen atoms in total. The van der Waals surface area contributed by atoms with Crippen molar-refractivity contribution in [1.29, 1.82) is 0 Å². The number of oxazole rings is 1. The van der Waals surface area contributed by atoms with Crippen molar-refractivity contribution in [3.05, 3.63) is 17.8 Å². The van der Waals surface area contributed by atoms with Crippen molar-refractivity contribution in [2.45, 2.75) is 26.4 Å². The van der Waals surface area contributed by atoms with E-state index in [-0.39, 0.29) is 0 Å². The molecule has 1 heterocycles. The zero-order valence-electron chi connectivity index (χ0n) is 8.88.